The molecule has 114 valence electrons. The van der Waals surface area contributed by atoms with Crippen molar-refractivity contribution in [2.45, 2.75) is 28.1 Å². The zero-order valence-electron chi connectivity index (χ0n) is 10.9. The number of hydrogen-bond donors (Lipinski definition) is 0. The largest absolute Gasteiger partial charge is 0.462 e. The average Bonchev–Trinajstić information content (AvgIpc) is 2.79. The number of carbonyl (C=O) groups excluding carboxylic acids is 1. The fourth-order valence-electron chi connectivity index (χ4n) is 3.18. The molecule has 2 heterocycles. The molecule has 3 nitrogen and oxygen atoms in total. The summed E-state index contributed by atoms with van der Waals surface area (Å²) < 4.78 is 45.7. The molecular weight excluding hydrogens is 398 g/mol. The number of fused-ring (bicyclic) bond motifs is 1. The lowest BCUT2D eigenvalue weighted by Gasteiger charge is -2.45. The minimum absolute atomic E-state index is 0.0377. The van der Waals surface area contributed by atoms with E-state index in [0.29, 0.717) is 0 Å². The topological polar surface area (TPSA) is 29.5 Å². The van der Waals surface area contributed by atoms with Gasteiger partial charge in [0.25, 0.3) is 0 Å². The average molecular weight is 411 g/mol. The number of hydrogen-bond acceptors (Lipinski definition) is 3. The second-order valence-corrected chi connectivity index (χ2v) is 7.10. The Bertz CT molecular complexity index is 551. The molecule has 2 saturated heterocycles. The first-order valence-corrected chi connectivity index (χ1v) is 7.80. The molecule has 0 aliphatic carbocycles. The number of halogens is 4. The highest BCUT2D eigenvalue weighted by molar-refractivity contribution is 14.1. The van der Waals surface area contributed by atoms with E-state index in [2.05, 4.69) is 0 Å². The van der Waals surface area contributed by atoms with Crippen molar-refractivity contribution in [3.8, 4) is 0 Å². The monoisotopic (exact) mass is 411 g/mol. The van der Waals surface area contributed by atoms with Gasteiger partial charge in [0.1, 0.15) is 6.61 Å². The van der Waals surface area contributed by atoms with Gasteiger partial charge in [-0.2, -0.15) is 13.2 Å². The van der Waals surface area contributed by atoms with Crippen molar-refractivity contribution in [1.29, 1.82) is 0 Å². The van der Waals surface area contributed by atoms with Gasteiger partial charge in [-0.25, -0.2) is 4.79 Å². The number of ether oxygens (including phenoxy) is 1. The fraction of sp³-hybridized carbons (Fsp3) is 0.500. The van der Waals surface area contributed by atoms with Crippen molar-refractivity contribution >= 4 is 28.6 Å². The Balaban J connectivity index is 2.07. The van der Waals surface area contributed by atoms with Crippen LogP contribution in [-0.2, 0) is 9.53 Å². The van der Waals surface area contributed by atoms with Crippen LogP contribution in [0, 0.1) is 0 Å². The van der Waals surface area contributed by atoms with Gasteiger partial charge < -0.3 is 4.74 Å². The minimum Gasteiger partial charge on any atom is -0.462 e. The number of nitrogens with zero attached hydrogens (tertiary/aromatic N) is 1. The maximum atomic E-state index is 13.7. The summed E-state index contributed by atoms with van der Waals surface area (Å²) in [6, 6.07) is 8.35. The molecule has 2 fully saturated rings. The van der Waals surface area contributed by atoms with E-state index in [1.54, 1.807) is 30.3 Å². The van der Waals surface area contributed by atoms with Gasteiger partial charge in [-0.3, -0.25) is 4.90 Å². The standard InChI is InChI=1S/C14H13F3INO2/c15-14(16,17)13-6-10(18)7-19(13)11(8-21-12(13)20)9-4-2-1-3-5-9/h1-5,10-11H,6-8H2/t10-,11-,13-/m0/s1. The predicted octanol–water partition coefficient (Wildman–Crippen LogP) is 3.09. The third kappa shape index (κ3) is 2.25. The Morgan fingerprint density at radius 3 is 2.57 bits per heavy atom. The van der Waals surface area contributed by atoms with Crippen LogP contribution in [0.5, 0.6) is 0 Å². The molecule has 0 aromatic heterocycles. The smallest absolute Gasteiger partial charge is 0.417 e. The zero-order valence-corrected chi connectivity index (χ0v) is 13.1. The number of alkyl halides is 4. The van der Waals surface area contributed by atoms with Crippen LogP contribution < -0.4 is 0 Å². The number of cyclic esters (lactones) is 1. The Morgan fingerprint density at radius 2 is 1.95 bits per heavy atom. The molecule has 1 aromatic rings. The fourth-order valence-corrected chi connectivity index (χ4v) is 4.24. The lowest BCUT2D eigenvalue weighted by atomic mass is 9.90. The molecular formula is C14H13F3INO2. The van der Waals surface area contributed by atoms with Gasteiger partial charge in [0, 0.05) is 10.5 Å². The van der Waals surface area contributed by atoms with E-state index in [1.165, 1.54) is 4.90 Å². The van der Waals surface area contributed by atoms with Crippen LogP contribution in [0.15, 0.2) is 30.3 Å². The quantitative estimate of drug-likeness (QED) is 0.404. The van der Waals surface area contributed by atoms with Crippen molar-refractivity contribution < 1.29 is 22.7 Å². The summed E-state index contributed by atoms with van der Waals surface area (Å²) in [6.07, 6.45) is -4.89. The van der Waals surface area contributed by atoms with Crippen LogP contribution in [-0.4, -0.2) is 39.7 Å². The van der Waals surface area contributed by atoms with Gasteiger partial charge >= 0.3 is 12.1 Å². The molecule has 0 N–H and O–H groups in total. The minimum atomic E-state index is -4.64. The van der Waals surface area contributed by atoms with Crippen molar-refractivity contribution in [1.82, 2.24) is 4.90 Å². The first-order valence-electron chi connectivity index (χ1n) is 6.56. The van der Waals surface area contributed by atoms with Gasteiger partial charge in [0.15, 0.2) is 0 Å². The second-order valence-electron chi connectivity index (χ2n) is 5.34. The molecule has 0 radical (unpaired) electrons. The Kier molecular flexibility index (Phi) is 3.67. The van der Waals surface area contributed by atoms with Crippen LogP contribution in [0.2, 0.25) is 0 Å². The highest BCUT2D eigenvalue weighted by atomic mass is 127. The van der Waals surface area contributed by atoms with Gasteiger partial charge in [-0.05, 0) is 12.0 Å². The van der Waals surface area contributed by atoms with Crippen LogP contribution in [0.3, 0.4) is 0 Å². The molecule has 0 saturated carbocycles. The van der Waals surface area contributed by atoms with E-state index in [9.17, 15) is 18.0 Å². The van der Waals surface area contributed by atoms with Crippen LogP contribution in [0.1, 0.15) is 18.0 Å². The summed E-state index contributed by atoms with van der Waals surface area (Å²) in [5.74, 6) is -1.17. The highest BCUT2D eigenvalue weighted by Crippen LogP contribution is 2.51. The van der Waals surface area contributed by atoms with Crippen LogP contribution >= 0.6 is 22.6 Å². The number of carbonyl (C=O) groups is 1. The van der Waals surface area contributed by atoms with E-state index >= 15 is 0 Å². The summed E-state index contributed by atoms with van der Waals surface area (Å²) in [5, 5.41) is 0. The Hall–Kier alpha value is -0.830. The predicted molar refractivity (Wildman–Crippen MR) is 78.1 cm³/mol. The molecule has 2 aliphatic heterocycles. The number of morpholine rings is 1. The number of benzene rings is 1. The molecule has 3 atom stereocenters. The van der Waals surface area contributed by atoms with E-state index in [-0.39, 0.29) is 23.5 Å². The van der Waals surface area contributed by atoms with E-state index in [0.717, 1.165) is 5.56 Å². The van der Waals surface area contributed by atoms with Crippen molar-refractivity contribution in [2.24, 2.45) is 0 Å². The molecule has 3 rings (SSSR count). The molecule has 0 bridgehead atoms. The summed E-state index contributed by atoms with van der Waals surface area (Å²) in [7, 11) is 0. The summed E-state index contributed by atoms with van der Waals surface area (Å²) in [6.45, 7) is 0.193. The van der Waals surface area contributed by atoms with Gasteiger partial charge in [-0.1, -0.05) is 52.9 Å². The number of esters is 1. The second kappa shape index (κ2) is 5.12. The van der Waals surface area contributed by atoms with Crippen molar-refractivity contribution in [2.75, 3.05) is 13.2 Å². The van der Waals surface area contributed by atoms with Gasteiger partial charge in [0.05, 0.1) is 6.04 Å². The maximum Gasteiger partial charge on any atom is 0.417 e. The van der Waals surface area contributed by atoms with Crippen LogP contribution in [0.25, 0.3) is 0 Å². The summed E-state index contributed by atoms with van der Waals surface area (Å²) >= 11 is 1.98. The first-order chi connectivity index (χ1) is 9.86. The van der Waals surface area contributed by atoms with Crippen LogP contribution in [0.4, 0.5) is 13.2 Å². The van der Waals surface area contributed by atoms with Gasteiger partial charge in [-0.15, -0.1) is 0 Å². The molecule has 1 aromatic carbocycles. The molecule has 7 heteroatoms. The Morgan fingerprint density at radius 1 is 1.29 bits per heavy atom. The maximum absolute atomic E-state index is 13.7. The van der Waals surface area contributed by atoms with E-state index < -0.39 is 23.7 Å². The van der Waals surface area contributed by atoms with Crippen molar-refractivity contribution in [3.05, 3.63) is 35.9 Å². The first kappa shape index (κ1) is 15.1. The normalized spacial score (nSPS) is 33.6. The van der Waals surface area contributed by atoms with Crippen molar-refractivity contribution in [3.63, 3.8) is 0 Å². The SMILES string of the molecule is O=C1OC[C@@H](c2ccccc2)N2C[C@@H](I)C[C@@]12C(F)(F)F. The third-order valence-corrected chi connectivity index (χ3v) is 4.98. The third-order valence-electron chi connectivity index (χ3n) is 4.14. The van der Waals surface area contributed by atoms with E-state index in [1.807, 2.05) is 22.6 Å². The van der Waals surface area contributed by atoms with E-state index in [4.69, 9.17) is 4.74 Å². The van der Waals surface area contributed by atoms with Gasteiger partial charge in [0.2, 0.25) is 5.54 Å². The molecule has 0 amide bonds. The molecule has 21 heavy (non-hydrogen) atoms. The number of rotatable bonds is 1. The lowest BCUT2D eigenvalue weighted by Crippen LogP contribution is -2.65. The summed E-state index contributed by atoms with van der Waals surface area (Å²) in [4.78, 5) is 13.3. The molecule has 0 spiro atoms. The molecule has 0 unspecified atom stereocenters. The molecule has 2 aliphatic rings. The lowest BCUT2D eigenvalue weighted by molar-refractivity contribution is -0.252. The highest BCUT2D eigenvalue weighted by Gasteiger charge is 2.71. The zero-order chi connectivity index (χ0) is 15.3. The summed E-state index contributed by atoms with van der Waals surface area (Å²) in [5.41, 5.74) is -1.76. The Labute approximate surface area is 133 Å².